The standard InChI is InChI=1S/C14H32O2Si2/c1-8-17(4,5)15-13-10-12(3)11-14(13)16-18(6,7)9-2/h12-14H,8-11H2,1-7H3. The van der Waals surface area contributed by atoms with E-state index in [4.69, 9.17) is 8.85 Å². The molecule has 0 aliphatic heterocycles. The Morgan fingerprint density at radius 2 is 1.17 bits per heavy atom. The van der Waals surface area contributed by atoms with E-state index in [9.17, 15) is 0 Å². The average molecular weight is 289 g/mol. The van der Waals surface area contributed by atoms with E-state index < -0.39 is 16.6 Å². The summed E-state index contributed by atoms with van der Waals surface area (Å²) in [5.41, 5.74) is 0. The van der Waals surface area contributed by atoms with Gasteiger partial charge in [0.15, 0.2) is 16.6 Å². The Hall–Kier alpha value is 0.354. The van der Waals surface area contributed by atoms with Gasteiger partial charge in [-0.15, -0.1) is 0 Å². The summed E-state index contributed by atoms with van der Waals surface area (Å²) in [6.07, 6.45) is 3.10. The molecule has 2 nitrogen and oxygen atoms in total. The van der Waals surface area contributed by atoms with Crippen LogP contribution in [0.4, 0.5) is 0 Å². The first kappa shape index (κ1) is 16.4. The molecule has 0 spiro atoms. The molecule has 0 aromatic carbocycles. The van der Waals surface area contributed by atoms with Crippen molar-refractivity contribution < 1.29 is 8.85 Å². The summed E-state index contributed by atoms with van der Waals surface area (Å²) in [7, 11) is -2.93. The van der Waals surface area contributed by atoms with Gasteiger partial charge >= 0.3 is 0 Å². The van der Waals surface area contributed by atoms with Crippen LogP contribution in [0.15, 0.2) is 0 Å². The number of hydrogen-bond donors (Lipinski definition) is 0. The lowest BCUT2D eigenvalue weighted by Crippen LogP contribution is -2.43. The van der Waals surface area contributed by atoms with Crippen molar-refractivity contribution in [1.82, 2.24) is 0 Å². The highest BCUT2D eigenvalue weighted by Crippen LogP contribution is 2.34. The van der Waals surface area contributed by atoms with Crippen LogP contribution in [-0.4, -0.2) is 28.8 Å². The van der Waals surface area contributed by atoms with E-state index in [0.29, 0.717) is 12.2 Å². The molecule has 1 fully saturated rings. The Bertz CT molecular complexity index is 241. The molecule has 0 amide bonds. The molecule has 0 bridgehead atoms. The lowest BCUT2D eigenvalue weighted by Gasteiger charge is -2.34. The molecule has 2 unspecified atom stereocenters. The minimum Gasteiger partial charge on any atom is -0.412 e. The summed E-state index contributed by atoms with van der Waals surface area (Å²) in [6.45, 7) is 16.2. The van der Waals surface area contributed by atoms with E-state index in [-0.39, 0.29) is 0 Å². The van der Waals surface area contributed by atoms with Gasteiger partial charge in [-0.05, 0) is 57.0 Å². The molecule has 0 heterocycles. The molecular weight excluding hydrogens is 256 g/mol. The van der Waals surface area contributed by atoms with Crippen molar-refractivity contribution in [2.24, 2.45) is 5.92 Å². The van der Waals surface area contributed by atoms with Crippen molar-refractivity contribution in [2.75, 3.05) is 0 Å². The second kappa shape index (κ2) is 6.20. The highest BCUT2D eigenvalue weighted by atomic mass is 28.4. The second-order valence-corrected chi connectivity index (χ2v) is 16.0. The molecule has 1 saturated carbocycles. The topological polar surface area (TPSA) is 18.5 Å². The summed E-state index contributed by atoms with van der Waals surface area (Å²) in [5.74, 6) is 0.753. The summed E-state index contributed by atoms with van der Waals surface area (Å²) < 4.78 is 12.9. The predicted molar refractivity (Wildman–Crippen MR) is 84.1 cm³/mol. The molecule has 0 saturated heterocycles. The number of hydrogen-bond acceptors (Lipinski definition) is 2. The first-order valence-electron chi connectivity index (χ1n) is 7.54. The van der Waals surface area contributed by atoms with Crippen LogP contribution >= 0.6 is 0 Å². The van der Waals surface area contributed by atoms with Crippen LogP contribution in [0.3, 0.4) is 0 Å². The van der Waals surface area contributed by atoms with Gasteiger partial charge in [-0.3, -0.25) is 0 Å². The van der Waals surface area contributed by atoms with Gasteiger partial charge in [-0.1, -0.05) is 20.8 Å². The van der Waals surface area contributed by atoms with Gasteiger partial charge in [-0.25, -0.2) is 0 Å². The van der Waals surface area contributed by atoms with Gasteiger partial charge in [0.25, 0.3) is 0 Å². The van der Waals surface area contributed by atoms with Crippen LogP contribution in [0.2, 0.25) is 38.3 Å². The maximum Gasteiger partial charge on any atom is 0.187 e. The summed E-state index contributed by atoms with van der Waals surface area (Å²) in [4.78, 5) is 0. The molecule has 0 aromatic rings. The van der Waals surface area contributed by atoms with E-state index >= 15 is 0 Å². The maximum absolute atomic E-state index is 6.46. The van der Waals surface area contributed by atoms with Crippen molar-refractivity contribution in [3.05, 3.63) is 0 Å². The third-order valence-corrected chi connectivity index (χ3v) is 9.62. The largest absolute Gasteiger partial charge is 0.412 e. The van der Waals surface area contributed by atoms with Crippen molar-refractivity contribution in [3.8, 4) is 0 Å². The lowest BCUT2D eigenvalue weighted by atomic mass is 10.1. The first-order chi connectivity index (χ1) is 8.19. The highest BCUT2D eigenvalue weighted by molar-refractivity contribution is 6.71. The summed E-state index contributed by atoms with van der Waals surface area (Å²) in [6, 6.07) is 2.39. The molecule has 0 radical (unpaired) electrons. The fourth-order valence-electron chi connectivity index (χ4n) is 2.43. The van der Waals surface area contributed by atoms with Crippen LogP contribution in [-0.2, 0) is 8.85 Å². The van der Waals surface area contributed by atoms with Crippen LogP contribution in [0.25, 0.3) is 0 Å². The molecule has 0 N–H and O–H groups in total. The molecule has 1 aliphatic rings. The minimum absolute atomic E-state index is 0.361. The zero-order valence-electron chi connectivity index (χ0n) is 13.4. The molecule has 18 heavy (non-hydrogen) atoms. The lowest BCUT2D eigenvalue weighted by molar-refractivity contribution is 0.0660. The van der Waals surface area contributed by atoms with E-state index in [2.05, 4.69) is 47.0 Å². The third-order valence-electron chi connectivity index (χ3n) is 4.33. The maximum atomic E-state index is 6.46. The molecule has 1 rings (SSSR count). The van der Waals surface area contributed by atoms with E-state index in [1.165, 1.54) is 24.9 Å². The average Bonchev–Trinajstić information content (AvgIpc) is 2.57. The van der Waals surface area contributed by atoms with E-state index in [1.807, 2.05) is 0 Å². The minimum atomic E-state index is -1.46. The Labute approximate surface area is 116 Å². The summed E-state index contributed by atoms with van der Waals surface area (Å²) in [5, 5.41) is 0. The number of rotatable bonds is 6. The molecule has 108 valence electrons. The molecule has 2 atom stereocenters. The van der Waals surface area contributed by atoms with Gasteiger partial charge in [0, 0.05) is 0 Å². The van der Waals surface area contributed by atoms with Gasteiger partial charge in [0.05, 0.1) is 12.2 Å². The fraction of sp³-hybridized carbons (Fsp3) is 1.00. The van der Waals surface area contributed by atoms with Crippen molar-refractivity contribution in [3.63, 3.8) is 0 Å². The molecule has 0 aromatic heterocycles. The van der Waals surface area contributed by atoms with Crippen molar-refractivity contribution >= 4 is 16.6 Å². The zero-order valence-corrected chi connectivity index (χ0v) is 15.4. The third kappa shape index (κ3) is 4.80. The van der Waals surface area contributed by atoms with Crippen LogP contribution in [0.5, 0.6) is 0 Å². The van der Waals surface area contributed by atoms with Crippen LogP contribution in [0, 0.1) is 5.92 Å². The van der Waals surface area contributed by atoms with Gasteiger partial charge in [0.2, 0.25) is 0 Å². The molecule has 1 aliphatic carbocycles. The highest BCUT2D eigenvalue weighted by Gasteiger charge is 2.39. The second-order valence-electron chi connectivity index (χ2n) is 7.12. The first-order valence-corrected chi connectivity index (χ1v) is 13.8. The van der Waals surface area contributed by atoms with Crippen molar-refractivity contribution in [1.29, 1.82) is 0 Å². The van der Waals surface area contributed by atoms with Gasteiger partial charge in [0.1, 0.15) is 0 Å². The van der Waals surface area contributed by atoms with Crippen molar-refractivity contribution in [2.45, 2.75) is 84.1 Å². The fourth-order valence-corrected chi connectivity index (χ4v) is 4.90. The Morgan fingerprint density at radius 1 is 0.833 bits per heavy atom. The molecular formula is C14H32O2Si2. The van der Waals surface area contributed by atoms with E-state index in [1.54, 1.807) is 0 Å². The van der Waals surface area contributed by atoms with Gasteiger partial charge < -0.3 is 8.85 Å². The summed E-state index contributed by atoms with van der Waals surface area (Å²) >= 11 is 0. The monoisotopic (exact) mass is 288 g/mol. The Kier molecular flexibility index (Phi) is 5.65. The quantitative estimate of drug-likeness (QED) is 0.663. The van der Waals surface area contributed by atoms with E-state index in [0.717, 1.165) is 5.92 Å². The Morgan fingerprint density at radius 3 is 1.44 bits per heavy atom. The van der Waals surface area contributed by atoms with Crippen LogP contribution < -0.4 is 0 Å². The molecule has 4 heteroatoms. The predicted octanol–water partition coefficient (Wildman–Crippen LogP) is 4.64. The smallest absolute Gasteiger partial charge is 0.187 e. The van der Waals surface area contributed by atoms with Gasteiger partial charge in [-0.2, -0.15) is 0 Å². The zero-order chi connectivity index (χ0) is 14.0. The SMILES string of the molecule is CC[Si](C)(C)OC1CC(C)CC1O[Si](C)(C)CC. The Balaban J connectivity index is 2.65. The normalized spacial score (nSPS) is 29.8. The van der Waals surface area contributed by atoms with Crippen LogP contribution in [0.1, 0.15) is 33.6 Å².